The molecule has 0 aromatic heterocycles. The molecular formula is C13H17NO3. The molecule has 0 aliphatic carbocycles. The molecule has 1 unspecified atom stereocenters. The van der Waals surface area contributed by atoms with Crippen molar-refractivity contribution in [2.75, 3.05) is 20.4 Å². The molecule has 4 heteroatoms. The minimum atomic E-state index is 0.0221. The van der Waals surface area contributed by atoms with Crippen LogP contribution in [0.2, 0.25) is 0 Å². The average Bonchev–Trinajstić information content (AvgIpc) is 2.96. The van der Waals surface area contributed by atoms with Crippen molar-refractivity contribution in [3.05, 3.63) is 17.7 Å². The largest absolute Gasteiger partial charge is 0.493 e. The molecule has 1 N–H and O–H groups in total. The summed E-state index contributed by atoms with van der Waals surface area (Å²) in [5, 5.41) is 3.54. The smallest absolute Gasteiger partial charge is 0.231 e. The van der Waals surface area contributed by atoms with Crippen molar-refractivity contribution in [3.8, 4) is 17.2 Å². The molecule has 1 fully saturated rings. The molecule has 1 aromatic rings. The summed E-state index contributed by atoms with van der Waals surface area (Å²) in [5.74, 6) is 2.26. The average molecular weight is 235 g/mol. The predicted octanol–water partition coefficient (Wildman–Crippen LogP) is 2.02. The van der Waals surface area contributed by atoms with E-state index in [1.165, 1.54) is 12.0 Å². The lowest BCUT2D eigenvalue weighted by Gasteiger charge is -2.25. The third-order valence-corrected chi connectivity index (χ3v) is 3.66. The van der Waals surface area contributed by atoms with Gasteiger partial charge in [0.15, 0.2) is 11.5 Å². The Bertz CT molecular complexity index is 439. The van der Waals surface area contributed by atoms with Crippen LogP contribution in [0.4, 0.5) is 0 Å². The fourth-order valence-electron chi connectivity index (χ4n) is 2.59. The van der Waals surface area contributed by atoms with Gasteiger partial charge in [-0.05, 0) is 44.0 Å². The molecule has 0 saturated carbocycles. The second-order valence-electron chi connectivity index (χ2n) is 4.77. The molecule has 1 saturated heterocycles. The minimum absolute atomic E-state index is 0.0221. The van der Waals surface area contributed by atoms with Crippen LogP contribution in [0.15, 0.2) is 12.1 Å². The first kappa shape index (κ1) is 10.7. The minimum Gasteiger partial charge on any atom is -0.493 e. The normalized spacial score (nSPS) is 26.2. The Labute approximate surface area is 101 Å². The van der Waals surface area contributed by atoms with E-state index in [-0.39, 0.29) is 12.3 Å². The van der Waals surface area contributed by atoms with Crippen molar-refractivity contribution in [2.45, 2.75) is 25.3 Å². The highest BCUT2D eigenvalue weighted by molar-refractivity contribution is 5.56. The van der Waals surface area contributed by atoms with E-state index >= 15 is 0 Å². The van der Waals surface area contributed by atoms with Crippen molar-refractivity contribution in [3.63, 3.8) is 0 Å². The first-order valence-corrected chi connectivity index (χ1v) is 5.96. The first-order chi connectivity index (χ1) is 8.23. The first-order valence-electron chi connectivity index (χ1n) is 5.96. The van der Waals surface area contributed by atoms with Crippen LogP contribution in [-0.4, -0.2) is 20.4 Å². The van der Waals surface area contributed by atoms with Gasteiger partial charge in [-0.25, -0.2) is 0 Å². The van der Waals surface area contributed by atoms with Gasteiger partial charge in [-0.2, -0.15) is 0 Å². The van der Waals surface area contributed by atoms with Gasteiger partial charge in [0, 0.05) is 5.54 Å². The third-order valence-electron chi connectivity index (χ3n) is 3.66. The Morgan fingerprint density at radius 1 is 1.35 bits per heavy atom. The molecule has 17 heavy (non-hydrogen) atoms. The van der Waals surface area contributed by atoms with E-state index in [1.54, 1.807) is 7.11 Å². The highest BCUT2D eigenvalue weighted by Crippen LogP contribution is 2.45. The fourth-order valence-corrected chi connectivity index (χ4v) is 2.59. The van der Waals surface area contributed by atoms with Crippen LogP contribution in [-0.2, 0) is 5.54 Å². The van der Waals surface area contributed by atoms with Crippen LogP contribution in [0.25, 0.3) is 0 Å². The van der Waals surface area contributed by atoms with Crippen LogP contribution in [0.3, 0.4) is 0 Å². The summed E-state index contributed by atoms with van der Waals surface area (Å²) in [6.07, 6.45) is 2.34. The number of methoxy groups -OCH3 is 1. The molecule has 0 amide bonds. The standard InChI is InChI=1S/C13H17NO3/c1-13(4-3-5-14-13)9-6-10(15-2)12-11(7-9)16-8-17-12/h6-7,14H,3-5,8H2,1-2H3. The number of rotatable bonds is 2. The molecule has 2 aliphatic heterocycles. The Balaban J connectivity index is 2.06. The van der Waals surface area contributed by atoms with Crippen LogP contribution in [0.5, 0.6) is 17.2 Å². The summed E-state index contributed by atoms with van der Waals surface area (Å²) < 4.78 is 16.2. The summed E-state index contributed by atoms with van der Waals surface area (Å²) >= 11 is 0. The Hall–Kier alpha value is -1.42. The zero-order valence-corrected chi connectivity index (χ0v) is 10.2. The molecule has 2 aliphatic rings. The Morgan fingerprint density at radius 2 is 2.24 bits per heavy atom. The summed E-state index contributed by atoms with van der Waals surface area (Å²) in [5.41, 5.74) is 1.23. The third kappa shape index (κ3) is 1.63. The summed E-state index contributed by atoms with van der Waals surface area (Å²) in [6, 6.07) is 4.11. The SMILES string of the molecule is COc1cc(C2(C)CCCN2)cc2c1OCO2. The van der Waals surface area contributed by atoms with E-state index < -0.39 is 0 Å². The maximum Gasteiger partial charge on any atom is 0.231 e. The number of fused-ring (bicyclic) bond motifs is 1. The molecule has 0 bridgehead atoms. The second-order valence-corrected chi connectivity index (χ2v) is 4.77. The number of nitrogens with one attached hydrogen (secondary N) is 1. The lowest BCUT2D eigenvalue weighted by molar-refractivity contribution is 0.171. The molecule has 1 atom stereocenters. The van der Waals surface area contributed by atoms with Crippen molar-refractivity contribution < 1.29 is 14.2 Å². The molecule has 0 spiro atoms. The number of ether oxygens (including phenoxy) is 3. The topological polar surface area (TPSA) is 39.7 Å². The zero-order chi connectivity index (χ0) is 11.9. The summed E-state index contributed by atoms with van der Waals surface area (Å²) in [4.78, 5) is 0. The fraction of sp³-hybridized carbons (Fsp3) is 0.538. The van der Waals surface area contributed by atoms with Gasteiger partial charge in [0.05, 0.1) is 7.11 Å². The molecular weight excluding hydrogens is 218 g/mol. The zero-order valence-electron chi connectivity index (χ0n) is 10.2. The van der Waals surface area contributed by atoms with E-state index in [0.29, 0.717) is 0 Å². The maximum atomic E-state index is 5.46. The van der Waals surface area contributed by atoms with E-state index in [2.05, 4.69) is 18.3 Å². The van der Waals surface area contributed by atoms with Gasteiger partial charge in [0.25, 0.3) is 0 Å². The van der Waals surface area contributed by atoms with Crippen LogP contribution >= 0.6 is 0 Å². The van der Waals surface area contributed by atoms with Crippen LogP contribution < -0.4 is 19.5 Å². The van der Waals surface area contributed by atoms with E-state index in [4.69, 9.17) is 14.2 Å². The van der Waals surface area contributed by atoms with Gasteiger partial charge in [0.1, 0.15) is 0 Å². The highest BCUT2D eigenvalue weighted by Gasteiger charge is 2.33. The molecule has 0 radical (unpaired) electrons. The van der Waals surface area contributed by atoms with Gasteiger partial charge in [0.2, 0.25) is 12.5 Å². The number of benzene rings is 1. The lowest BCUT2D eigenvalue weighted by Crippen LogP contribution is -2.33. The van der Waals surface area contributed by atoms with Gasteiger partial charge < -0.3 is 19.5 Å². The molecule has 3 rings (SSSR count). The quantitative estimate of drug-likeness (QED) is 0.851. The number of hydrogen-bond acceptors (Lipinski definition) is 4. The summed E-state index contributed by atoms with van der Waals surface area (Å²) in [7, 11) is 1.66. The van der Waals surface area contributed by atoms with Crippen molar-refractivity contribution >= 4 is 0 Å². The van der Waals surface area contributed by atoms with E-state index in [0.717, 1.165) is 30.2 Å². The monoisotopic (exact) mass is 235 g/mol. The van der Waals surface area contributed by atoms with E-state index in [1.807, 2.05) is 6.07 Å². The Kier molecular flexibility index (Phi) is 2.40. The van der Waals surface area contributed by atoms with Crippen LogP contribution in [0.1, 0.15) is 25.3 Å². The maximum absolute atomic E-state index is 5.46. The van der Waals surface area contributed by atoms with Crippen molar-refractivity contribution in [2.24, 2.45) is 0 Å². The number of hydrogen-bond donors (Lipinski definition) is 1. The molecule has 1 aromatic carbocycles. The molecule has 92 valence electrons. The molecule has 4 nitrogen and oxygen atoms in total. The lowest BCUT2D eigenvalue weighted by atomic mass is 9.90. The Morgan fingerprint density at radius 3 is 2.94 bits per heavy atom. The highest BCUT2D eigenvalue weighted by atomic mass is 16.7. The van der Waals surface area contributed by atoms with Gasteiger partial charge in [-0.3, -0.25) is 0 Å². The van der Waals surface area contributed by atoms with Crippen molar-refractivity contribution in [1.82, 2.24) is 5.32 Å². The van der Waals surface area contributed by atoms with Crippen molar-refractivity contribution in [1.29, 1.82) is 0 Å². The van der Waals surface area contributed by atoms with Gasteiger partial charge in [-0.15, -0.1) is 0 Å². The van der Waals surface area contributed by atoms with Gasteiger partial charge >= 0.3 is 0 Å². The van der Waals surface area contributed by atoms with Crippen LogP contribution in [0, 0.1) is 0 Å². The molecule has 2 heterocycles. The van der Waals surface area contributed by atoms with Gasteiger partial charge in [-0.1, -0.05) is 0 Å². The second kappa shape index (κ2) is 3.81. The van der Waals surface area contributed by atoms with E-state index in [9.17, 15) is 0 Å². The summed E-state index contributed by atoms with van der Waals surface area (Å²) in [6.45, 7) is 3.56. The predicted molar refractivity (Wildman–Crippen MR) is 63.7 cm³/mol.